The highest BCUT2D eigenvalue weighted by Gasteiger charge is 2.14. The zero-order chi connectivity index (χ0) is 20.9. The first-order chi connectivity index (χ1) is 13.9. The molecule has 0 aliphatic heterocycles. The molecule has 5 nitrogen and oxygen atoms in total. The maximum absolute atomic E-state index is 12.5. The number of hydrogen-bond donors (Lipinski definition) is 2. The number of sulfonamides is 1. The molecule has 0 spiro atoms. The number of carbonyl (C=O) groups excluding carboxylic acids is 1. The summed E-state index contributed by atoms with van der Waals surface area (Å²) in [6.45, 7) is 2.07. The van der Waals surface area contributed by atoms with E-state index in [1.807, 2.05) is 30.5 Å². The van der Waals surface area contributed by atoms with Gasteiger partial charge in [0.05, 0.1) is 4.90 Å². The van der Waals surface area contributed by atoms with Gasteiger partial charge in [-0.25, -0.2) is 8.42 Å². The summed E-state index contributed by atoms with van der Waals surface area (Å²) in [6, 6.07) is 20.7. The third-order valence-corrected chi connectivity index (χ3v) is 6.53. The molecular weight excluding hydrogens is 404 g/mol. The molecule has 29 heavy (non-hydrogen) atoms. The van der Waals surface area contributed by atoms with Crippen LogP contribution in [0, 0.1) is 0 Å². The Kier molecular flexibility index (Phi) is 6.61. The van der Waals surface area contributed by atoms with E-state index in [1.165, 1.54) is 5.56 Å². The fraction of sp³-hybridized carbons (Fsp3) is 0.136. The molecule has 3 rings (SSSR count). The van der Waals surface area contributed by atoms with Crippen molar-refractivity contribution in [2.24, 2.45) is 0 Å². The van der Waals surface area contributed by atoms with Crippen LogP contribution in [0.25, 0.3) is 0 Å². The van der Waals surface area contributed by atoms with Crippen molar-refractivity contribution in [2.45, 2.75) is 23.1 Å². The number of rotatable bonds is 7. The quantitative estimate of drug-likeness (QED) is 0.520. The molecule has 0 unspecified atom stereocenters. The minimum absolute atomic E-state index is 0.188. The van der Waals surface area contributed by atoms with Crippen LogP contribution >= 0.6 is 11.8 Å². The Bertz CT molecular complexity index is 1080. The molecule has 0 saturated carbocycles. The minimum Gasteiger partial charge on any atom is -0.322 e. The average molecular weight is 427 g/mol. The lowest BCUT2D eigenvalue weighted by Gasteiger charge is -2.10. The van der Waals surface area contributed by atoms with E-state index in [9.17, 15) is 13.2 Å². The van der Waals surface area contributed by atoms with Gasteiger partial charge in [-0.05, 0) is 78.9 Å². The van der Waals surface area contributed by atoms with Crippen LogP contribution < -0.4 is 10.0 Å². The van der Waals surface area contributed by atoms with Crippen LogP contribution in [0.15, 0.2) is 82.6 Å². The zero-order valence-electron chi connectivity index (χ0n) is 16.2. The smallest absolute Gasteiger partial charge is 0.261 e. The molecule has 0 aromatic heterocycles. The predicted molar refractivity (Wildman–Crippen MR) is 119 cm³/mol. The number of anilines is 2. The topological polar surface area (TPSA) is 75.3 Å². The third kappa shape index (κ3) is 5.40. The van der Waals surface area contributed by atoms with Crippen molar-refractivity contribution < 1.29 is 13.2 Å². The summed E-state index contributed by atoms with van der Waals surface area (Å²) in [4.78, 5) is 13.6. The summed E-state index contributed by atoms with van der Waals surface area (Å²) in [5.41, 5.74) is 2.74. The molecule has 0 bridgehead atoms. The zero-order valence-corrected chi connectivity index (χ0v) is 17.8. The van der Waals surface area contributed by atoms with Crippen molar-refractivity contribution in [2.75, 3.05) is 16.3 Å². The maximum atomic E-state index is 12.5. The first kappa shape index (κ1) is 21.0. The van der Waals surface area contributed by atoms with Crippen LogP contribution in [-0.2, 0) is 16.4 Å². The lowest BCUT2D eigenvalue weighted by Crippen LogP contribution is -2.14. The van der Waals surface area contributed by atoms with Crippen LogP contribution in [0.5, 0.6) is 0 Å². The van der Waals surface area contributed by atoms with Crippen molar-refractivity contribution in [1.29, 1.82) is 0 Å². The summed E-state index contributed by atoms with van der Waals surface area (Å²) < 4.78 is 27.6. The van der Waals surface area contributed by atoms with Crippen molar-refractivity contribution in [1.82, 2.24) is 0 Å². The second-order valence-corrected chi connectivity index (χ2v) is 8.93. The van der Waals surface area contributed by atoms with Crippen molar-refractivity contribution in [3.8, 4) is 0 Å². The lowest BCUT2D eigenvalue weighted by molar-refractivity contribution is 0.102. The number of amides is 1. The van der Waals surface area contributed by atoms with Gasteiger partial charge in [-0.3, -0.25) is 9.52 Å². The molecule has 3 aromatic carbocycles. The van der Waals surface area contributed by atoms with E-state index in [2.05, 4.69) is 17.0 Å². The van der Waals surface area contributed by atoms with E-state index in [0.717, 1.165) is 11.3 Å². The van der Waals surface area contributed by atoms with E-state index >= 15 is 0 Å². The molecule has 0 radical (unpaired) electrons. The van der Waals surface area contributed by atoms with E-state index in [-0.39, 0.29) is 10.8 Å². The lowest BCUT2D eigenvalue weighted by atomic mass is 10.1. The molecule has 7 heteroatoms. The normalized spacial score (nSPS) is 11.1. The van der Waals surface area contributed by atoms with Crippen molar-refractivity contribution >= 4 is 39.1 Å². The summed E-state index contributed by atoms with van der Waals surface area (Å²) in [5.74, 6) is -0.253. The van der Waals surface area contributed by atoms with E-state index in [1.54, 1.807) is 60.3 Å². The monoisotopic (exact) mass is 426 g/mol. The van der Waals surface area contributed by atoms with Gasteiger partial charge in [-0.2, -0.15) is 0 Å². The fourth-order valence-corrected chi connectivity index (χ4v) is 4.15. The molecular formula is C22H22N2O3S2. The van der Waals surface area contributed by atoms with Crippen LogP contribution in [0.1, 0.15) is 22.8 Å². The van der Waals surface area contributed by atoms with Gasteiger partial charge in [0, 0.05) is 21.8 Å². The van der Waals surface area contributed by atoms with Crippen LogP contribution in [0.3, 0.4) is 0 Å². The molecule has 0 aliphatic carbocycles. The Hall–Kier alpha value is -2.77. The third-order valence-electron chi connectivity index (χ3n) is 4.39. The van der Waals surface area contributed by atoms with Gasteiger partial charge in [0.1, 0.15) is 0 Å². The van der Waals surface area contributed by atoms with Gasteiger partial charge in [0.2, 0.25) is 0 Å². The van der Waals surface area contributed by atoms with Crippen LogP contribution in [0.2, 0.25) is 0 Å². The standard InChI is InChI=1S/C22H22N2O3S2/c1-3-16-4-8-18(9-5-16)23-22(25)17-6-10-19(11-7-17)24-29(26,27)21-14-12-20(28-2)13-15-21/h4-15,24H,3H2,1-2H3,(H,23,25). The first-order valence-corrected chi connectivity index (χ1v) is 11.8. The number of carbonyl (C=O) groups is 1. The summed E-state index contributed by atoms with van der Waals surface area (Å²) >= 11 is 1.55. The number of hydrogen-bond acceptors (Lipinski definition) is 4. The number of aryl methyl sites for hydroxylation is 1. The molecule has 150 valence electrons. The largest absolute Gasteiger partial charge is 0.322 e. The summed E-state index contributed by atoms with van der Waals surface area (Å²) in [6.07, 6.45) is 2.87. The number of nitrogens with one attached hydrogen (secondary N) is 2. The first-order valence-electron chi connectivity index (χ1n) is 9.08. The van der Waals surface area contributed by atoms with Gasteiger partial charge < -0.3 is 5.32 Å². The Labute approximate surface area is 175 Å². The van der Waals surface area contributed by atoms with Crippen LogP contribution in [-0.4, -0.2) is 20.6 Å². The van der Waals surface area contributed by atoms with Gasteiger partial charge in [-0.1, -0.05) is 19.1 Å². The predicted octanol–water partition coefficient (Wildman–Crippen LogP) is 5.02. The molecule has 3 aromatic rings. The summed E-state index contributed by atoms with van der Waals surface area (Å²) in [7, 11) is -3.69. The Morgan fingerprint density at radius 1 is 0.862 bits per heavy atom. The second kappa shape index (κ2) is 9.15. The molecule has 1 amide bonds. The summed E-state index contributed by atoms with van der Waals surface area (Å²) in [5, 5.41) is 2.83. The fourth-order valence-electron chi connectivity index (χ4n) is 2.69. The average Bonchev–Trinajstić information content (AvgIpc) is 2.74. The van der Waals surface area contributed by atoms with Crippen molar-refractivity contribution in [3.05, 3.63) is 83.9 Å². The Morgan fingerprint density at radius 3 is 2.00 bits per heavy atom. The highest BCUT2D eigenvalue weighted by atomic mass is 32.2. The van der Waals surface area contributed by atoms with E-state index < -0.39 is 10.0 Å². The van der Waals surface area contributed by atoms with E-state index in [4.69, 9.17) is 0 Å². The SMILES string of the molecule is CCc1ccc(NC(=O)c2ccc(NS(=O)(=O)c3ccc(SC)cc3)cc2)cc1. The van der Waals surface area contributed by atoms with Gasteiger partial charge in [0.25, 0.3) is 15.9 Å². The second-order valence-electron chi connectivity index (χ2n) is 6.36. The van der Waals surface area contributed by atoms with Crippen LogP contribution in [0.4, 0.5) is 11.4 Å². The molecule has 0 saturated heterocycles. The highest BCUT2D eigenvalue weighted by Crippen LogP contribution is 2.21. The van der Waals surface area contributed by atoms with Gasteiger partial charge in [-0.15, -0.1) is 11.8 Å². The molecule has 2 N–H and O–H groups in total. The number of benzene rings is 3. The minimum atomic E-state index is -3.69. The van der Waals surface area contributed by atoms with Gasteiger partial charge >= 0.3 is 0 Å². The molecule has 0 fully saturated rings. The molecule has 0 heterocycles. The Balaban J connectivity index is 1.67. The van der Waals surface area contributed by atoms with Crippen molar-refractivity contribution in [3.63, 3.8) is 0 Å². The number of thioether (sulfide) groups is 1. The highest BCUT2D eigenvalue weighted by molar-refractivity contribution is 7.98. The van der Waals surface area contributed by atoms with E-state index in [0.29, 0.717) is 16.9 Å². The molecule has 0 aliphatic rings. The Morgan fingerprint density at radius 2 is 1.45 bits per heavy atom. The molecule has 0 atom stereocenters. The van der Waals surface area contributed by atoms with Gasteiger partial charge in [0.15, 0.2) is 0 Å². The maximum Gasteiger partial charge on any atom is 0.261 e.